The van der Waals surface area contributed by atoms with Gasteiger partial charge < -0.3 is 15.4 Å². The average Bonchev–Trinajstić information content (AvgIpc) is 3.00. The molecule has 1 atom stereocenters. The summed E-state index contributed by atoms with van der Waals surface area (Å²) in [4.78, 5) is 18.3. The first-order valence-electron chi connectivity index (χ1n) is 7.40. The van der Waals surface area contributed by atoms with E-state index in [1.807, 2.05) is 30.3 Å². The Hall–Kier alpha value is -2.40. The number of pyridine rings is 1. The van der Waals surface area contributed by atoms with Crippen molar-refractivity contribution in [3.63, 3.8) is 0 Å². The van der Waals surface area contributed by atoms with Crippen LogP contribution in [0.25, 0.3) is 0 Å². The van der Waals surface area contributed by atoms with Gasteiger partial charge in [-0.2, -0.15) is 0 Å². The van der Waals surface area contributed by atoms with Gasteiger partial charge in [0, 0.05) is 30.9 Å². The molecule has 5 nitrogen and oxygen atoms in total. The SMILES string of the molecule is N[C@@H]1CCN(C(=O)c2ccc(OCc3ccccn3)cc2)C1. The second kappa shape index (κ2) is 6.58. The van der Waals surface area contributed by atoms with E-state index in [-0.39, 0.29) is 11.9 Å². The van der Waals surface area contributed by atoms with Crippen LogP contribution in [-0.4, -0.2) is 34.9 Å². The third-order valence-electron chi connectivity index (χ3n) is 3.73. The summed E-state index contributed by atoms with van der Waals surface area (Å²) < 4.78 is 5.66. The van der Waals surface area contributed by atoms with E-state index < -0.39 is 0 Å². The highest BCUT2D eigenvalue weighted by Crippen LogP contribution is 2.17. The Morgan fingerprint density at radius 1 is 1.27 bits per heavy atom. The number of carbonyl (C=O) groups is 1. The summed E-state index contributed by atoms with van der Waals surface area (Å²) in [5.41, 5.74) is 7.38. The molecule has 1 fully saturated rings. The number of rotatable bonds is 4. The highest BCUT2D eigenvalue weighted by Gasteiger charge is 2.24. The minimum atomic E-state index is 0.0317. The summed E-state index contributed by atoms with van der Waals surface area (Å²) in [5.74, 6) is 0.754. The highest BCUT2D eigenvalue weighted by atomic mass is 16.5. The lowest BCUT2D eigenvalue weighted by molar-refractivity contribution is 0.0791. The van der Waals surface area contributed by atoms with Crippen molar-refractivity contribution in [3.8, 4) is 5.75 Å². The lowest BCUT2D eigenvalue weighted by Gasteiger charge is -2.16. The standard InChI is InChI=1S/C17H19N3O2/c18-14-8-10-20(11-14)17(21)13-4-6-16(7-5-13)22-12-15-3-1-2-9-19-15/h1-7,9,14H,8,10-12,18H2/t14-/m1/s1. The molecule has 0 bridgehead atoms. The van der Waals surface area contributed by atoms with Crippen LogP contribution < -0.4 is 10.5 Å². The van der Waals surface area contributed by atoms with E-state index in [4.69, 9.17) is 10.5 Å². The fourth-order valence-corrected chi connectivity index (χ4v) is 2.49. The zero-order valence-corrected chi connectivity index (χ0v) is 12.3. The minimum absolute atomic E-state index is 0.0317. The maximum Gasteiger partial charge on any atom is 0.253 e. The fourth-order valence-electron chi connectivity index (χ4n) is 2.49. The van der Waals surface area contributed by atoms with Crippen molar-refractivity contribution >= 4 is 5.91 Å². The first-order chi connectivity index (χ1) is 10.7. The fraction of sp³-hybridized carbons (Fsp3) is 0.294. The molecule has 114 valence electrons. The van der Waals surface area contributed by atoms with Gasteiger partial charge in [0.15, 0.2) is 0 Å². The first-order valence-corrected chi connectivity index (χ1v) is 7.40. The van der Waals surface area contributed by atoms with Gasteiger partial charge in [-0.1, -0.05) is 6.07 Å². The average molecular weight is 297 g/mol. The van der Waals surface area contributed by atoms with Crippen LogP contribution >= 0.6 is 0 Å². The molecule has 0 spiro atoms. The van der Waals surface area contributed by atoms with Gasteiger partial charge in [-0.05, 0) is 42.8 Å². The van der Waals surface area contributed by atoms with Crippen molar-refractivity contribution < 1.29 is 9.53 Å². The summed E-state index contributed by atoms with van der Waals surface area (Å²) in [6.45, 7) is 1.78. The molecule has 1 amide bonds. The number of hydrogen-bond acceptors (Lipinski definition) is 4. The Kier molecular flexibility index (Phi) is 4.34. The molecule has 5 heteroatoms. The molecule has 1 aromatic carbocycles. The third-order valence-corrected chi connectivity index (χ3v) is 3.73. The van der Waals surface area contributed by atoms with Gasteiger partial charge in [-0.3, -0.25) is 9.78 Å². The van der Waals surface area contributed by atoms with Crippen molar-refractivity contribution in [2.45, 2.75) is 19.1 Å². The molecule has 1 aromatic heterocycles. The number of benzene rings is 1. The largest absolute Gasteiger partial charge is 0.487 e. The van der Waals surface area contributed by atoms with Crippen LogP contribution in [0.15, 0.2) is 48.7 Å². The summed E-state index contributed by atoms with van der Waals surface area (Å²) >= 11 is 0. The Morgan fingerprint density at radius 2 is 2.09 bits per heavy atom. The van der Waals surface area contributed by atoms with Gasteiger partial charge in [-0.15, -0.1) is 0 Å². The Balaban J connectivity index is 1.59. The highest BCUT2D eigenvalue weighted by molar-refractivity contribution is 5.94. The molecule has 1 aliphatic rings. The summed E-state index contributed by atoms with van der Waals surface area (Å²) in [5, 5.41) is 0. The van der Waals surface area contributed by atoms with Crippen molar-refractivity contribution in [2.24, 2.45) is 5.73 Å². The number of likely N-dealkylation sites (tertiary alicyclic amines) is 1. The molecular weight excluding hydrogens is 278 g/mol. The van der Waals surface area contributed by atoms with E-state index in [0.717, 1.165) is 24.4 Å². The number of nitrogens with zero attached hydrogens (tertiary/aromatic N) is 2. The Morgan fingerprint density at radius 3 is 2.73 bits per heavy atom. The van der Waals surface area contributed by atoms with E-state index in [9.17, 15) is 4.79 Å². The van der Waals surface area contributed by atoms with Crippen LogP contribution in [0.5, 0.6) is 5.75 Å². The number of aromatic nitrogens is 1. The summed E-state index contributed by atoms with van der Waals surface area (Å²) in [6, 6.07) is 13.0. The molecule has 3 rings (SSSR count). The number of hydrogen-bond donors (Lipinski definition) is 1. The van der Waals surface area contributed by atoms with Gasteiger partial charge in [0.05, 0.1) is 5.69 Å². The maximum atomic E-state index is 12.3. The van der Waals surface area contributed by atoms with Crippen LogP contribution in [0.4, 0.5) is 0 Å². The minimum Gasteiger partial charge on any atom is -0.487 e. The Bertz CT molecular complexity index is 628. The van der Waals surface area contributed by atoms with Crippen LogP contribution in [0, 0.1) is 0 Å². The maximum absolute atomic E-state index is 12.3. The predicted molar refractivity (Wildman–Crippen MR) is 83.5 cm³/mol. The first kappa shape index (κ1) is 14.5. The molecule has 1 saturated heterocycles. The lowest BCUT2D eigenvalue weighted by atomic mass is 10.2. The van der Waals surface area contributed by atoms with Crippen LogP contribution in [0.2, 0.25) is 0 Å². The van der Waals surface area contributed by atoms with E-state index in [1.54, 1.807) is 23.2 Å². The monoisotopic (exact) mass is 297 g/mol. The predicted octanol–water partition coefficient (Wildman–Crippen LogP) is 1.83. The molecule has 2 N–H and O–H groups in total. The molecule has 1 aliphatic heterocycles. The topological polar surface area (TPSA) is 68.5 Å². The van der Waals surface area contributed by atoms with Gasteiger partial charge in [0.2, 0.25) is 0 Å². The van der Waals surface area contributed by atoms with Crippen LogP contribution in [-0.2, 0) is 6.61 Å². The lowest BCUT2D eigenvalue weighted by Crippen LogP contribution is -2.31. The molecule has 0 unspecified atom stereocenters. The van der Waals surface area contributed by atoms with Crippen molar-refractivity contribution in [1.82, 2.24) is 9.88 Å². The van der Waals surface area contributed by atoms with Gasteiger partial charge in [0.1, 0.15) is 12.4 Å². The van der Waals surface area contributed by atoms with E-state index in [2.05, 4.69) is 4.98 Å². The van der Waals surface area contributed by atoms with Crippen LogP contribution in [0.1, 0.15) is 22.5 Å². The van der Waals surface area contributed by atoms with Gasteiger partial charge >= 0.3 is 0 Å². The zero-order chi connectivity index (χ0) is 15.4. The zero-order valence-electron chi connectivity index (χ0n) is 12.3. The number of carbonyl (C=O) groups excluding carboxylic acids is 1. The Labute approximate surface area is 129 Å². The van der Waals surface area contributed by atoms with Crippen molar-refractivity contribution in [1.29, 1.82) is 0 Å². The quantitative estimate of drug-likeness (QED) is 0.935. The van der Waals surface area contributed by atoms with E-state index in [0.29, 0.717) is 18.7 Å². The third kappa shape index (κ3) is 3.43. The summed E-state index contributed by atoms with van der Waals surface area (Å²) in [7, 11) is 0. The number of nitrogens with two attached hydrogens (primary N) is 1. The molecule has 2 heterocycles. The van der Waals surface area contributed by atoms with Gasteiger partial charge in [0.25, 0.3) is 5.91 Å². The number of ether oxygens (including phenoxy) is 1. The molecule has 0 saturated carbocycles. The smallest absolute Gasteiger partial charge is 0.253 e. The van der Waals surface area contributed by atoms with Gasteiger partial charge in [-0.25, -0.2) is 0 Å². The van der Waals surface area contributed by atoms with Crippen molar-refractivity contribution in [3.05, 3.63) is 59.9 Å². The molecule has 0 radical (unpaired) electrons. The molecule has 0 aliphatic carbocycles. The second-order valence-corrected chi connectivity index (χ2v) is 5.43. The van der Waals surface area contributed by atoms with Crippen molar-refractivity contribution in [2.75, 3.05) is 13.1 Å². The van der Waals surface area contributed by atoms with E-state index >= 15 is 0 Å². The number of amides is 1. The van der Waals surface area contributed by atoms with E-state index in [1.165, 1.54) is 0 Å². The normalized spacial score (nSPS) is 17.5. The molecular formula is C17H19N3O2. The van der Waals surface area contributed by atoms with Crippen LogP contribution in [0.3, 0.4) is 0 Å². The molecule has 22 heavy (non-hydrogen) atoms. The molecule has 2 aromatic rings. The summed E-state index contributed by atoms with van der Waals surface area (Å²) in [6.07, 6.45) is 2.61. The second-order valence-electron chi connectivity index (χ2n) is 5.43.